The lowest BCUT2D eigenvalue weighted by molar-refractivity contribution is -0.117. The van der Waals surface area contributed by atoms with E-state index in [1.54, 1.807) is 30.9 Å². The molecule has 4 N–H and O–H groups in total. The van der Waals surface area contributed by atoms with Crippen molar-refractivity contribution in [3.63, 3.8) is 0 Å². The topological polar surface area (TPSA) is 137 Å². The third kappa shape index (κ3) is 4.71. The van der Waals surface area contributed by atoms with E-state index in [-0.39, 0.29) is 11.0 Å². The normalized spacial score (nSPS) is 14.2. The molecule has 200 valence electrons. The fourth-order valence-corrected chi connectivity index (χ4v) is 5.86. The summed E-state index contributed by atoms with van der Waals surface area (Å²) in [6.07, 6.45) is 9.26. The van der Waals surface area contributed by atoms with Crippen molar-refractivity contribution in [3.05, 3.63) is 60.3 Å². The number of fused-ring (bicyclic) bond motifs is 2. The van der Waals surface area contributed by atoms with Crippen LogP contribution in [0.4, 0.5) is 10.1 Å². The number of thiophene rings is 1. The second kappa shape index (κ2) is 10.2. The molecule has 0 saturated carbocycles. The van der Waals surface area contributed by atoms with Crippen molar-refractivity contribution in [2.75, 3.05) is 18.4 Å². The Balaban J connectivity index is 1.19. The van der Waals surface area contributed by atoms with Crippen molar-refractivity contribution in [3.8, 4) is 33.2 Å². The number of aromatic amines is 2. The SMILES string of the molecule is O=C(CC1CCNCC1)Nc1cncc(-c2ccc3[nH]nc(-c4nc5c(-c6ccc(F)s6)cncc5[nH]4)c3n2)c1. The van der Waals surface area contributed by atoms with Crippen LogP contribution in [-0.4, -0.2) is 54.1 Å². The van der Waals surface area contributed by atoms with Crippen molar-refractivity contribution >= 4 is 45.0 Å². The van der Waals surface area contributed by atoms with E-state index >= 15 is 0 Å². The second-order valence-electron chi connectivity index (χ2n) is 9.85. The highest BCUT2D eigenvalue weighted by molar-refractivity contribution is 7.14. The van der Waals surface area contributed by atoms with Crippen LogP contribution in [0.25, 0.3) is 55.3 Å². The highest BCUT2D eigenvalue weighted by Crippen LogP contribution is 2.34. The van der Waals surface area contributed by atoms with Gasteiger partial charge in [-0.2, -0.15) is 9.49 Å². The van der Waals surface area contributed by atoms with Gasteiger partial charge in [-0.15, -0.1) is 11.3 Å². The molecule has 1 aliphatic rings. The Morgan fingerprint density at radius 1 is 1.00 bits per heavy atom. The summed E-state index contributed by atoms with van der Waals surface area (Å²) in [6, 6.07) is 8.82. The number of piperidine rings is 1. The summed E-state index contributed by atoms with van der Waals surface area (Å²) in [5.41, 5.74) is 6.15. The van der Waals surface area contributed by atoms with Crippen LogP contribution >= 0.6 is 11.3 Å². The molecular formula is C28H24FN9OS. The fourth-order valence-electron chi connectivity index (χ4n) is 5.12. The first-order chi connectivity index (χ1) is 19.6. The van der Waals surface area contributed by atoms with Crippen LogP contribution in [0.1, 0.15) is 19.3 Å². The van der Waals surface area contributed by atoms with Crippen LogP contribution in [0.15, 0.2) is 55.1 Å². The molecular weight excluding hydrogens is 529 g/mol. The van der Waals surface area contributed by atoms with E-state index in [1.807, 2.05) is 18.2 Å². The van der Waals surface area contributed by atoms with Crippen molar-refractivity contribution in [1.29, 1.82) is 0 Å². The predicted octanol–water partition coefficient (Wildman–Crippen LogP) is 5.15. The zero-order valence-corrected chi connectivity index (χ0v) is 22.1. The minimum absolute atomic E-state index is 0.00425. The third-order valence-corrected chi connectivity index (χ3v) is 8.02. The Labute approximate surface area is 231 Å². The molecule has 7 heterocycles. The largest absolute Gasteiger partial charge is 0.335 e. The molecule has 0 bridgehead atoms. The number of nitrogens with zero attached hydrogens (tertiary/aromatic N) is 5. The molecule has 0 aliphatic carbocycles. The van der Waals surface area contributed by atoms with E-state index in [1.165, 1.54) is 6.07 Å². The van der Waals surface area contributed by atoms with Crippen molar-refractivity contribution in [1.82, 2.24) is 40.4 Å². The van der Waals surface area contributed by atoms with Gasteiger partial charge >= 0.3 is 0 Å². The number of carbonyl (C=O) groups excluding carboxylic acids is 1. The molecule has 1 fully saturated rings. The number of pyridine rings is 3. The van der Waals surface area contributed by atoms with Crippen molar-refractivity contribution < 1.29 is 9.18 Å². The maximum atomic E-state index is 13.7. The molecule has 0 atom stereocenters. The number of halogens is 1. The highest BCUT2D eigenvalue weighted by Gasteiger charge is 2.19. The summed E-state index contributed by atoms with van der Waals surface area (Å²) in [6.45, 7) is 1.92. The molecule has 6 aromatic heterocycles. The van der Waals surface area contributed by atoms with Gasteiger partial charge in [-0.05, 0) is 62.2 Å². The minimum atomic E-state index is -0.266. The minimum Gasteiger partial charge on any atom is -0.335 e. The van der Waals surface area contributed by atoms with E-state index in [2.05, 4.69) is 35.8 Å². The molecule has 6 aromatic rings. The van der Waals surface area contributed by atoms with Crippen molar-refractivity contribution in [2.24, 2.45) is 5.92 Å². The number of hydrogen-bond acceptors (Lipinski definition) is 8. The number of amides is 1. The number of hydrogen-bond donors (Lipinski definition) is 4. The van der Waals surface area contributed by atoms with Crippen LogP contribution in [0.5, 0.6) is 0 Å². The third-order valence-electron chi connectivity index (χ3n) is 7.12. The Hall–Kier alpha value is -4.55. The quantitative estimate of drug-likeness (QED) is 0.224. The van der Waals surface area contributed by atoms with E-state index in [0.29, 0.717) is 51.8 Å². The number of imidazole rings is 1. The lowest BCUT2D eigenvalue weighted by atomic mass is 9.94. The first kappa shape index (κ1) is 24.5. The second-order valence-corrected chi connectivity index (χ2v) is 10.9. The Bertz CT molecular complexity index is 1850. The summed E-state index contributed by atoms with van der Waals surface area (Å²) in [5, 5.41) is 13.6. The molecule has 0 spiro atoms. The van der Waals surface area contributed by atoms with Gasteiger partial charge in [0.15, 0.2) is 16.6 Å². The number of carbonyl (C=O) groups is 1. The van der Waals surface area contributed by atoms with Gasteiger partial charge in [0, 0.05) is 34.8 Å². The Morgan fingerprint density at radius 3 is 2.73 bits per heavy atom. The number of H-pyrrole nitrogens is 2. The number of nitrogens with one attached hydrogen (secondary N) is 4. The van der Waals surface area contributed by atoms with Crippen LogP contribution in [0.2, 0.25) is 0 Å². The predicted molar refractivity (Wildman–Crippen MR) is 152 cm³/mol. The van der Waals surface area contributed by atoms with Gasteiger partial charge in [-0.25, -0.2) is 9.97 Å². The highest BCUT2D eigenvalue weighted by atomic mass is 32.1. The molecule has 0 aromatic carbocycles. The maximum absolute atomic E-state index is 13.7. The molecule has 12 heteroatoms. The smallest absolute Gasteiger partial charge is 0.224 e. The van der Waals surface area contributed by atoms with Gasteiger partial charge in [0.05, 0.1) is 34.8 Å². The molecule has 1 saturated heterocycles. The zero-order valence-electron chi connectivity index (χ0n) is 21.2. The van der Waals surface area contributed by atoms with E-state index in [9.17, 15) is 9.18 Å². The zero-order chi connectivity index (χ0) is 27.1. The van der Waals surface area contributed by atoms with Crippen LogP contribution < -0.4 is 10.6 Å². The summed E-state index contributed by atoms with van der Waals surface area (Å²) >= 11 is 1.05. The van der Waals surface area contributed by atoms with Crippen molar-refractivity contribution in [2.45, 2.75) is 19.3 Å². The number of rotatable bonds is 6. The maximum Gasteiger partial charge on any atom is 0.224 e. The molecule has 1 aliphatic heterocycles. The number of aromatic nitrogens is 7. The van der Waals surface area contributed by atoms with Gasteiger partial charge in [0.25, 0.3) is 0 Å². The summed E-state index contributed by atoms with van der Waals surface area (Å²) in [4.78, 5) is 35.0. The van der Waals surface area contributed by atoms with Gasteiger partial charge in [0.2, 0.25) is 5.91 Å². The molecule has 1 amide bonds. The van der Waals surface area contributed by atoms with E-state index < -0.39 is 0 Å². The van der Waals surface area contributed by atoms with E-state index in [0.717, 1.165) is 58.8 Å². The van der Waals surface area contributed by atoms with Crippen LogP contribution in [-0.2, 0) is 4.79 Å². The Morgan fingerprint density at radius 2 is 1.88 bits per heavy atom. The number of anilines is 1. The summed E-state index contributed by atoms with van der Waals surface area (Å²) in [7, 11) is 0. The monoisotopic (exact) mass is 553 g/mol. The van der Waals surface area contributed by atoms with Gasteiger partial charge in [-0.1, -0.05) is 0 Å². The molecule has 0 radical (unpaired) electrons. The standard InChI is InChI=1S/C28H24FN9OS/c29-23-4-3-22(40-23)18-13-32-14-21-25(18)36-28(35-21)27-26-20(37-38-27)2-1-19(34-26)16-10-17(12-31-11-16)33-24(39)9-15-5-7-30-8-6-15/h1-4,10-15,30H,5-9H2,(H,33,39)(H,35,36)(H,37,38). The van der Waals surface area contributed by atoms with Gasteiger partial charge in [-0.3, -0.25) is 19.9 Å². The van der Waals surface area contributed by atoms with Gasteiger partial charge < -0.3 is 15.6 Å². The van der Waals surface area contributed by atoms with Crippen LogP contribution in [0, 0.1) is 11.0 Å². The van der Waals surface area contributed by atoms with E-state index in [4.69, 9.17) is 9.97 Å². The summed E-state index contributed by atoms with van der Waals surface area (Å²) < 4.78 is 13.7. The molecule has 40 heavy (non-hydrogen) atoms. The Kier molecular flexibility index (Phi) is 6.25. The first-order valence-electron chi connectivity index (χ1n) is 13.0. The fraction of sp³-hybridized carbons (Fsp3) is 0.214. The first-order valence-corrected chi connectivity index (χ1v) is 13.8. The lowest BCUT2D eigenvalue weighted by Crippen LogP contribution is -2.30. The molecule has 10 nitrogen and oxygen atoms in total. The molecule has 7 rings (SSSR count). The molecule has 0 unspecified atom stereocenters. The average Bonchev–Trinajstić information content (AvgIpc) is 3.71. The average molecular weight is 554 g/mol. The van der Waals surface area contributed by atoms with Crippen LogP contribution in [0.3, 0.4) is 0 Å². The summed E-state index contributed by atoms with van der Waals surface area (Å²) in [5.74, 6) is 0.919. The lowest BCUT2D eigenvalue weighted by Gasteiger charge is -2.21. The van der Waals surface area contributed by atoms with Gasteiger partial charge in [0.1, 0.15) is 11.0 Å².